The lowest BCUT2D eigenvalue weighted by Crippen LogP contribution is -2.25. The first-order chi connectivity index (χ1) is 7.24. The SMILES string of the molecule is NC(=S)NN=C(CCBr)c1ccccc1. The summed E-state index contributed by atoms with van der Waals surface area (Å²) in [6.07, 6.45) is 0.819. The van der Waals surface area contributed by atoms with Crippen molar-refractivity contribution in [3.63, 3.8) is 0 Å². The molecule has 0 amide bonds. The average Bonchev–Trinajstić information content (AvgIpc) is 2.25. The molecule has 0 radical (unpaired) electrons. The molecule has 0 aliphatic rings. The van der Waals surface area contributed by atoms with E-state index >= 15 is 0 Å². The normalized spacial score (nSPS) is 11.1. The van der Waals surface area contributed by atoms with E-state index in [-0.39, 0.29) is 5.11 Å². The molecule has 1 rings (SSSR count). The molecule has 1 aromatic carbocycles. The highest BCUT2D eigenvalue weighted by Crippen LogP contribution is 2.05. The van der Waals surface area contributed by atoms with Crippen LogP contribution in [-0.2, 0) is 0 Å². The molecule has 0 bridgehead atoms. The van der Waals surface area contributed by atoms with E-state index in [2.05, 4.69) is 26.5 Å². The van der Waals surface area contributed by atoms with Crippen molar-refractivity contribution in [1.29, 1.82) is 0 Å². The highest BCUT2D eigenvalue weighted by atomic mass is 79.9. The Kier molecular flexibility index (Phi) is 5.28. The van der Waals surface area contributed by atoms with Gasteiger partial charge in [-0.25, -0.2) is 0 Å². The van der Waals surface area contributed by atoms with Crippen LogP contribution in [0.2, 0.25) is 0 Å². The summed E-state index contributed by atoms with van der Waals surface area (Å²) >= 11 is 8.08. The van der Waals surface area contributed by atoms with Crippen LogP contribution >= 0.6 is 28.1 Å². The van der Waals surface area contributed by atoms with E-state index in [0.717, 1.165) is 23.0 Å². The van der Waals surface area contributed by atoms with Crippen LogP contribution in [0.25, 0.3) is 0 Å². The molecule has 80 valence electrons. The minimum absolute atomic E-state index is 0.179. The minimum Gasteiger partial charge on any atom is -0.375 e. The molecule has 0 fully saturated rings. The monoisotopic (exact) mass is 285 g/mol. The number of rotatable bonds is 4. The molecule has 0 aliphatic carbocycles. The lowest BCUT2D eigenvalue weighted by molar-refractivity contribution is 1.02. The van der Waals surface area contributed by atoms with Gasteiger partial charge in [0.05, 0.1) is 5.71 Å². The van der Waals surface area contributed by atoms with Crippen LogP contribution in [0.1, 0.15) is 12.0 Å². The molecule has 0 saturated carbocycles. The number of nitrogens with one attached hydrogen (secondary N) is 1. The maximum Gasteiger partial charge on any atom is 0.184 e. The van der Waals surface area contributed by atoms with E-state index in [4.69, 9.17) is 18.0 Å². The lowest BCUT2D eigenvalue weighted by atomic mass is 10.1. The van der Waals surface area contributed by atoms with Crippen molar-refractivity contribution in [2.75, 3.05) is 5.33 Å². The van der Waals surface area contributed by atoms with Gasteiger partial charge in [-0.15, -0.1) is 0 Å². The van der Waals surface area contributed by atoms with Crippen molar-refractivity contribution in [1.82, 2.24) is 5.43 Å². The van der Waals surface area contributed by atoms with Gasteiger partial charge in [0.1, 0.15) is 0 Å². The number of nitrogens with two attached hydrogens (primary N) is 1. The smallest absolute Gasteiger partial charge is 0.184 e. The molecule has 0 aromatic heterocycles. The number of alkyl halides is 1. The van der Waals surface area contributed by atoms with Crippen LogP contribution < -0.4 is 11.2 Å². The van der Waals surface area contributed by atoms with Gasteiger partial charge in [-0.05, 0) is 17.8 Å². The molecule has 0 unspecified atom stereocenters. The second kappa shape index (κ2) is 6.53. The summed E-state index contributed by atoms with van der Waals surface area (Å²) in [4.78, 5) is 0. The predicted molar refractivity (Wildman–Crippen MR) is 71.3 cm³/mol. The summed E-state index contributed by atoms with van der Waals surface area (Å²) in [5.41, 5.74) is 9.92. The number of nitrogens with zero attached hydrogens (tertiary/aromatic N) is 1. The Hall–Kier alpha value is -0.940. The van der Waals surface area contributed by atoms with E-state index in [1.54, 1.807) is 0 Å². The van der Waals surface area contributed by atoms with Gasteiger partial charge < -0.3 is 5.73 Å². The Morgan fingerprint density at radius 3 is 2.60 bits per heavy atom. The molecule has 0 atom stereocenters. The van der Waals surface area contributed by atoms with Gasteiger partial charge >= 0.3 is 0 Å². The third-order valence-electron chi connectivity index (χ3n) is 1.74. The highest BCUT2D eigenvalue weighted by Gasteiger charge is 2.01. The molecule has 0 spiro atoms. The Bertz CT molecular complexity index is 351. The number of hydrazone groups is 1. The van der Waals surface area contributed by atoms with Crippen LogP contribution in [-0.4, -0.2) is 16.2 Å². The molecule has 15 heavy (non-hydrogen) atoms. The minimum atomic E-state index is 0.179. The predicted octanol–water partition coefficient (Wildman–Crippen LogP) is 2.01. The average molecular weight is 286 g/mol. The van der Waals surface area contributed by atoms with Crippen molar-refractivity contribution >= 4 is 39.0 Å². The molecule has 5 heteroatoms. The van der Waals surface area contributed by atoms with Crippen LogP contribution in [0.4, 0.5) is 0 Å². The fraction of sp³-hybridized carbons (Fsp3) is 0.200. The van der Waals surface area contributed by atoms with E-state index in [9.17, 15) is 0 Å². The number of benzene rings is 1. The van der Waals surface area contributed by atoms with Gasteiger partial charge in [0, 0.05) is 11.8 Å². The molecular weight excluding hydrogens is 274 g/mol. The maximum absolute atomic E-state index is 5.32. The quantitative estimate of drug-likeness (QED) is 0.385. The van der Waals surface area contributed by atoms with Gasteiger partial charge in [-0.1, -0.05) is 46.3 Å². The molecule has 3 N–H and O–H groups in total. The number of halogens is 1. The van der Waals surface area contributed by atoms with Crippen molar-refractivity contribution in [3.8, 4) is 0 Å². The Balaban J connectivity index is 2.83. The van der Waals surface area contributed by atoms with Gasteiger partial charge in [0.15, 0.2) is 5.11 Å². The number of hydrogen-bond acceptors (Lipinski definition) is 2. The van der Waals surface area contributed by atoms with E-state index in [1.807, 2.05) is 30.3 Å². The standard InChI is InChI=1S/C10H12BrN3S/c11-7-6-9(13-14-10(12)15)8-4-2-1-3-5-8/h1-5H,6-7H2,(H3,12,14,15). The molecular formula is C10H12BrN3S. The summed E-state index contributed by atoms with van der Waals surface area (Å²) in [6.45, 7) is 0. The first-order valence-electron chi connectivity index (χ1n) is 4.47. The summed E-state index contributed by atoms with van der Waals surface area (Å²) in [6, 6.07) is 9.92. The zero-order valence-corrected chi connectivity index (χ0v) is 10.5. The zero-order chi connectivity index (χ0) is 11.1. The van der Waals surface area contributed by atoms with Crippen molar-refractivity contribution in [3.05, 3.63) is 35.9 Å². The topological polar surface area (TPSA) is 50.4 Å². The Labute approximate surface area is 103 Å². The molecule has 0 heterocycles. The Morgan fingerprint density at radius 1 is 1.40 bits per heavy atom. The summed E-state index contributed by atoms with van der Waals surface area (Å²) in [5, 5.41) is 5.18. The fourth-order valence-electron chi connectivity index (χ4n) is 1.11. The number of hydrogen-bond donors (Lipinski definition) is 2. The maximum atomic E-state index is 5.32. The van der Waals surface area contributed by atoms with Gasteiger partial charge in [0.2, 0.25) is 0 Å². The largest absolute Gasteiger partial charge is 0.375 e. The van der Waals surface area contributed by atoms with Crippen LogP contribution in [0.15, 0.2) is 35.4 Å². The first-order valence-corrected chi connectivity index (χ1v) is 6.00. The van der Waals surface area contributed by atoms with E-state index in [0.29, 0.717) is 0 Å². The van der Waals surface area contributed by atoms with Gasteiger partial charge in [0.25, 0.3) is 0 Å². The second-order valence-electron chi connectivity index (χ2n) is 2.84. The molecule has 0 saturated heterocycles. The summed E-state index contributed by atoms with van der Waals surface area (Å²) in [5.74, 6) is 0. The molecule has 0 aliphatic heterocycles. The van der Waals surface area contributed by atoms with Crippen molar-refractivity contribution in [2.24, 2.45) is 10.8 Å². The van der Waals surface area contributed by atoms with Gasteiger partial charge in [-0.3, -0.25) is 5.43 Å². The lowest BCUT2D eigenvalue weighted by Gasteiger charge is -2.05. The second-order valence-corrected chi connectivity index (χ2v) is 4.07. The van der Waals surface area contributed by atoms with E-state index < -0.39 is 0 Å². The molecule has 1 aromatic rings. The van der Waals surface area contributed by atoms with Gasteiger partial charge in [-0.2, -0.15) is 5.10 Å². The van der Waals surface area contributed by atoms with Crippen LogP contribution in [0, 0.1) is 0 Å². The van der Waals surface area contributed by atoms with Crippen molar-refractivity contribution in [2.45, 2.75) is 6.42 Å². The van der Waals surface area contributed by atoms with E-state index in [1.165, 1.54) is 0 Å². The molecule has 3 nitrogen and oxygen atoms in total. The highest BCUT2D eigenvalue weighted by molar-refractivity contribution is 9.09. The summed E-state index contributed by atoms with van der Waals surface area (Å²) < 4.78 is 0. The third kappa shape index (κ3) is 4.40. The fourth-order valence-corrected chi connectivity index (χ4v) is 1.53. The van der Waals surface area contributed by atoms with Crippen molar-refractivity contribution < 1.29 is 0 Å². The zero-order valence-electron chi connectivity index (χ0n) is 8.11. The third-order valence-corrected chi connectivity index (χ3v) is 2.23. The first kappa shape index (κ1) is 12.1. The van der Waals surface area contributed by atoms with Crippen LogP contribution in [0.3, 0.4) is 0 Å². The Morgan fingerprint density at radius 2 is 2.07 bits per heavy atom. The van der Waals surface area contributed by atoms with Crippen LogP contribution in [0.5, 0.6) is 0 Å². The number of thiocarbonyl (C=S) groups is 1. The summed E-state index contributed by atoms with van der Waals surface area (Å²) in [7, 11) is 0.